The Kier molecular flexibility index (Phi) is 4.89. The predicted molar refractivity (Wildman–Crippen MR) is 90.4 cm³/mol. The monoisotopic (exact) mass is 326 g/mol. The van der Waals surface area contributed by atoms with E-state index in [1.54, 1.807) is 6.07 Å². The predicted octanol–water partition coefficient (Wildman–Crippen LogP) is 3.64. The lowest BCUT2D eigenvalue weighted by Gasteiger charge is -2.23. The normalized spacial score (nSPS) is 17.1. The van der Waals surface area contributed by atoms with E-state index in [2.05, 4.69) is 22.4 Å². The van der Waals surface area contributed by atoms with Gasteiger partial charge in [-0.05, 0) is 42.5 Å². The summed E-state index contributed by atoms with van der Waals surface area (Å²) in [5.74, 6) is -1.15. The molecule has 24 heavy (non-hydrogen) atoms. The minimum atomic E-state index is -0.575. The van der Waals surface area contributed by atoms with E-state index in [4.69, 9.17) is 4.74 Å². The lowest BCUT2D eigenvalue weighted by atomic mass is 9.88. The maximum absolute atomic E-state index is 13.7. The van der Waals surface area contributed by atoms with Crippen LogP contribution in [0.2, 0.25) is 0 Å². The van der Waals surface area contributed by atoms with Crippen molar-refractivity contribution in [2.45, 2.75) is 25.3 Å². The Morgan fingerprint density at radius 1 is 1.21 bits per heavy atom. The van der Waals surface area contributed by atoms with Gasteiger partial charge < -0.3 is 4.74 Å². The Morgan fingerprint density at radius 3 is 2.75 bits per heavy atom. The van der Waals surface area contributed by atoms with Crippen molar-refractivity contribution in [3.63, 3.8) is 0 Å². The second-order valence-electron chi connectivity index (χ2n) is 5.68. The summed E-state index contributed by atoms with van der Waals surface area (Å²) in [6, 6.07) is 14.0. The van der Waals surface area contributed by atoms with Crippen molar-refractivity contribution in [3.05, 3.63) is 71.0 Å². The number of halogens is 1. The zero-order valence-corrected chi connectivity index (χ0v) is 13.5. The number of nitrogens with one attached hydrogen (secondary N) is 1. The van der Waals surface area contributed by atoms with Gasteiger partial charge in [0.2, 0.25) is 0 Å². The van der Waals surface area contributed by atoms with Gasteiger partial charge in [0.05, 0.1) is 18.7 Å². The third-order valence-corrected chi connectivity index (χ3v) is 4.14. The van der Waals surface area contributed by atoms with E-state index < -0.39 is 11.7 Å². The Bertz CT molecular complexity index is 773. The fourth-order valence-corrected chi connectivity index (χ4v) is 2.95. The maximum Gasteiger partial charge on any atom is 0.292 e. The van der Waals surface area contributed by atoms with Crippen LogP contribution in [0.1, 0.15) is 40.4 Å². The van der Waals surface area contributed by atoms with Crippen molar-refractivity contribution in [3.8, 4) is 0 Å². The molecule has 0 heterocycles. The average molecular weight is 326 g/mol. The first-order valence-corrected chi connectivity index (χ1v) is 7.94. The summed E-state index contributed by atoms with van der Waals surface area (Å²) in [5, 5.41) is 2.55. The minimum Gasteiger partial charge on any atom is -0.468 e. The summed E-state index contributed by atoms with van der Waals surface area (Å²) in [5.41, 5.74) is 2.39. The molecular formula is C19H19FN2O2. The quantitative estimate of drug-likeness (QED) is 0.677. The number of carbonyl (C=O) groups excluding carboxylic acids is 1. The molecular weight excluding hydrogens is 307 g/mol. The van der Waals surface area contributed by atoms with Crippen LogP contribution in [0.15, 0.2) is 53.5 Å². The van der Waals surface area contributed by atoms with Crippen molar-refractivity contribution in [1.82, 2.24) is 5.32 Å². The molecule has 0 fully saturated rings. The Morgan fingerprint density at radius 2 is 1.96 bits per heavy atom. The molecule has 1 atom stereocenters. The summed E-state index contributed by atoms with van der Waals surface area (Å²) < 4.78 is 18.9. The highest BCUT2D eigenvalue weighted by molar-refractivity contribution is 6.04. The van der Waals surface area contributed by atoms with Gasteiger partial charge in [-0.1, -0.05) is 36.4 Å². The number of methoxy groups -OCH3 is 1. The summed E-state index contributed by atoms with van der Waals surface area (Å²) >= 11 is 0. The van der Waals surface area contributed by atoms with Crippen LogP contribution in [-0.4, -0.2) is 19.0 Å². The number of hydrogen-bond acceptors (Lipinski definition) is 3. The van der Waals surface area contributed by atoms with E-state index in [0.717, 1.165) is 24.8 Å². The van der Waals surface area contributed by atoms with Crippen molar-refractivity contribution in [2.75, 3.05) is 7.11 Å². The van der Waals surface area contributed by atoms with Gasteiger partial charge in [-0.2, -0.15) is 0 Å². The molecule has 0 saturated heterocycles. The third-order valence-electron chi connectivity index (χ3n) is 4.14. The molecule has 2 aromatic carbocycles. The van der Waals surface area contributed by atoms with Gasteiger partial charge in [-0.15, -0.1) is 0 Å². The summed E-state index contributed by atoms with van der Waals surface area (Å²) in [6.45, 7) is 0. The second kappa shape index (κ2) is 7.25. The fourth-order valence-electron chi connectivity index (χ4n) is 2.95. The summed E-state index contributed by atoms with van der Waals surface area (Å²) in [7, 11) is 1.44. The molecule has 1 aliphatic carbocycles. The van der Waals surface area contributed by atoms with Gasteiger partial charge in [-0.3, -0.25) is 10.1 Å². The van der Waals surface area contributed by atoms with E-state index >= 15 is 0 Å². The molecule has 0 spiro atoms. The van der Waals surface area contributed by atoms with E-state index in [9.17, 15) is 9.18 Å². The van der Waals surface area contributed by atoms with Gasteiger partial charge >= 0.3 is 0 Å². The van der Waals surface area contributed by atoms with Crippen LogP contribution in [-0.2, 0) is 11.2 Å². The highest BCUT2D eigenvalue weighted by atomic mass is 19.1. The Labute approximate surface area is 140 Å². The molecule has 0 unspecified atom stereocenters. The van der Waals surface area contributed by atoms with E-state index in [-0.39, 0.29) is 17.6 Å². The van der Waals surface area contributed by atoms with Crippen molar-refractivity contribution in [1.29, 1.82) is 0 Å². The highest BCUT2D eigenvalue weighted by Gasteiger charge is 2.21. The van der Waals surface area contributed by atoms with Crippen LogP contribution in [0.25, 0.3) is 0 Å². The highest BCUT2D eigenvalue weighted by Crippen LogP contribution is 2.32. The maximum atomic E-state index is 13.7. The number of nitrogens with zero attached hydrogens (tertiary/aromatic N) is 1. The topological polar surface area (TPSA) is 50.7 Å². The van der Waals surface area contributed by atoms with Gasteiger partial charge in [0.1, 0.15) is 5.82 Å². The SMILES string of the molecule is COC(=N[C@H]1CCCc2ccccc21)NC(=O)c1ccccc1F. The molecule has 1 N–H and O–H groups in total. The number of fused-ring (bicyclic) bond motifs is 1. The number of carbonyl (C=O) groups is 1. The van der Waals surface area contributed by atoms with Crippen molar-refractivity contribution < 1.29 is 13.9 Å². The van der Waals surface area contributed by atoms with Crippen LogP contribution >= 0.6 is 0 Å². The zero-order valence-electron chi connectivity index (χ0n) is 13.5. The number of hydrogen-bond donors (Lipinski definition) is 1. The van der Waals surface area contributed by atoms with Crippen molar-refractivity contribution in [2.24, 2.45) is 4.99 Å². The second-order valence-corrected chi connectivity index (χ2v) is 5.68. The molecule has 1 amide bonds. The number of amidine groups is 1. The molecule has 4 nitrogen and oxygen atoms in total. The Balaban J connectivity index is 1.81. The molecule has 2 aromatic rings. The van der Waals surface area contributed by atoms with E-state index in [1.807, 2.05) is 12.1 Å². The van der Waals surface area contributed by atoms with Gasteiger partial charge in [-0.25, -0.2) is 9.38 Å². The Hall–Kier alpha value is -2.69. The smallest absolute Gasteiger partial charge is 0.292 e. The minimum absolute atomic E-state index is 0.0358. The van der Waals surface area contributed by atoms with Gasteiger partial charge in [0.15, 0.2) is 0 Å². The van der Waals surface area contributed by atoms with Gasteiger partial charge in [0, 0.05) is 0 Å². The third kappa shape index (κ3) is 3.45. The van der Waals surface area contributed by atoms with Crippen molar-refractivity contribution >= 4 is 11.9 Å². The number of aliphatic imine (C=N–C) groups is 1. The van der Waals surface area contributed by atoms with Crippen LogP contribution < -0.4 is 5.32 Å². The molecule has 0 aliphatic heterocycles. The standard InChI is InChI=1S/C19H19FN2O2/c1-24-19(22-18(23)15-10-4-5-11-16(15)20)21-17-12-6-8-13-7-2-3-9-14(13)17/h2-5,7,9-11,17H,6,8,12H2,1H3,(H,21,22,23)/t17-/m0/s1. The summed E-state index contributed by atoms with van der Waals surface area (Å²) in [6.07, 6.45) is 2.95. The molecule has 0 saturated carbocycles. The number of rotatable bonds is 2. The molecule has 5 heteroatoms. The van der Waals surface area contributed by atoms with Crippen LogP contribution in [0, 0.1) is 5.82 Å². The summed E-state index contributed by atoms with van der Waals surface area (Å²) in [4.78, 5) is 16.7. The van der Waals surface area contributed by atoms with E-state index in [0.29, 0.717) is 0 Å². The molecule has 0 radical (unpaired) electrons. The van der Waals surface area contributed by atoms with E-state index in [1.165, 1.54) is 30.9 Å². The fraction of sp³-hybridized carbons (Fsp3) is 0.263. The number of aryl methyl sites for hydroxylation is 1. The largest absolute Gasteiger partial charge is 0.468 e. The first kappa shape index (κ1) is 16.2. The van der Waals surface area contributed by atoms with Crippen LogP contribution in [0.4, 0.5) is 4.39 Å². The van der Waals surface area contributed by atoms with Gasteiger partial charge in [0.25, 0.3) is 11.9 Å². The lowest BCUT2D eigenvalue weighted by molar-refractivity contribution is 0.0964. The molecule has 124 valence electrons. The molecule has 0 bridgehead atoms. The van der Waals surface area contributed by atoms with Crippen LogP contribution in [0.3, 0.4) is 0 Å². The zero-order chi connectivity index (χ0) is 16.9. The molecule has 0 aromatic heterocycles. The number of benzene rings is 2. The average Bonchev–Trinajstić information content (AvgIpc) is 2.61. The first-order valence-electron chi connectivity index (χ1n) is 7.94. The van der Waals surface area contributed by atoms with Crippen LogP contribution in [0.5, 0.6) is 0 Å². The lowest BCUT2D eigenvalue weighted by Crippen LogP contribution is -2.33. The first-order chi connectivity index (χ1) is 11.7. The number of amides is 1. The molecule has 3 rings (SSSR count). The molecule has 1 aliphatic rings. The number of ether oxygens (including phenoxy) is 1.